The minimum absolute atomic E-state index is 0.103. The first-order valence-electron chi connectivity index (χ1n) is 6.54. The molecule has 2 N–H and O–H groups in total. The van der Waals surface area contributed by atoms with Crippen LogP contribution in [0.2, 0.25) is 0 Å². The van der Waals surface area contributed by atoms with Gasteiger partial charge in [-0.05, 0) is 44.6 Å². The van der Waals surface area contributed by atoms with Gasteiger partial charge < -0.3 is 10.4 Å². The summed E-state index contributed by atoms with van der Waals surface area (Å²) in [5.74, 6) is -0.146. The van der Waals surface area contributed by atoms with Crippen LogP contribution in [0.1, 0.15) is 46.3 Å². The van der Waals surface area contributed by atoms with Gasteiger partial charge in [0.05, 0.1) is 11.3 Å². The number of aromatic carboxylic acids is 1. The molecule has 0 bridgehead atoms. The molecule has 1 atom stereocenters. The molecule has 1 saturated heterocycles. The molecule has 0 radical (unpaired) electrons. The van der Waals surface area contributed by atoms with Crippen molar-refractivity contribution in [2.24, 2.45) is 0 Å². The quantitative estimate of drug-likeness (QED) is 0.889. The summed E-state index contributed by atoms with van der Waals surface area (Å²) in [6.07, 6.45) is 2.28. The van der Waals surface area contributed by atoms with Crippen molar-refractivity contribution in [2.75, 3.05) is 12.3 Å². The van der Waals surface area contributed by atoms with E-state index in [0.717, 1.165) is 12.2 Å². The second-order valence-corrected chi connectivity index (χ2v) is 6.90. The molecular weight excluding hydrogens is 276 g/mol. The van der Waals surface area contributed by atoms with Gasteiger partial charge in [0, 0.05) is 11.3 Å². The van der Waals surface area contributed by atoms with Crippen LogP contribution in [0, 0.1) is 6.92 Å². The Kier molecular flexibility index (Phi) is 4.32. The molecule has 1 aliphatic rings. The zero-order valence-corrected chi connectivity index (χ0v) is 12.4. The Balaban J connectivity index is 2.02. The van der Waals surface area contributed by atoms with Crippen molar-refractivity contribution in [1.82, 2.24) is 10.3 Å². The van der Waals surface area contributed by atoms with Gasteiger partial charge in [0.2, 0.25) is 0 Å². The summed E-state index contributed by atoms with van der Waals surface area (Å²) < 4.78 is 0.103. The highest BCUT2D eigenvalue weighted by atomic mass is 32.2. The largest absolute Gasteiger partial charge is 0.478 e. The van der Waals surface area contributed by atoms with E-state index in [1.54, 1.807) is 6.92 Å². The lowest BCUT2D eigenvalue weighted by molar-refractivity contribution is 0.0694. The number of carboxylic acid groups (broad SMARTS) is 1. The van der Waals surface area contributed by atoms with Crippen LogP contribution < -0.4 is 5.32 Å². The molecule has 108 valence electrons. The number of nitrogens with one attached hydrogen (secondary N) is 1. The van der Waals surface area contributed by atoms with Crippen LogP contribution in [0.15, 0.2) is 12.1 Å². The van der Waals surface area contributed by atoms with E-state index in [1.807, 2.05) is 11.8 Å². The molecule has 1 aromatic heterocycles. The Morgan fingerprint density at radius 2 is 2.25 bits per heavy atom. The van der Waals surface area contributed by atoms with Crippen molar-refractivity contribution in [3.8, 4) is 0 Å². The average molecular weight is 294 g/mol. The van der Waals surface area contributed by atoms with E-state index >= 15 is 0 Å². The number of pyridine rings is 1. The van der Waals surface area contributed by atoms with Crippen molar-refractivity contribution in [1.29, 1.82) is 0 Å². The lowest BCUT2D eigenvalue weighted by atomic mass is 10.1. The summed E-state index contributed by atoms with van der Waals surface area (Å²) >= 11 is 1.88. The number of aryl methyl sites for hydroxylation is 1. The number of rotatable bonds is 4. The van der Waals surface area contributed by atoms with Crippen LogP contribution in [0.4, 0.5) is 0 Å². The zero-order valence-electron chi connectivity index (χ0n) is 11.6. The Morgan fingerprint density at radius 3 is 2.80 bits per heavy atom. The Morgan fingerprint density at radius 1 is 1.50 bits per heavy atom. The molecule has 5 nitrogen and oxygen atoms in total. The fourth-order valence-electron chi connectivity index (χ4n) is 2.25. The van der Waals surface area contributed by atoms with Crippen LogP contribution >= 0.6 is 11.8 Å². The van der Waals surface area contributed by atoms with Crippen LogP contribution in [0.5, 0.6) is 0 Å². The molecule has 0 spiro atoms. The first-order chi connectivity index (χ1) is 9.41. The first-order valence-corrected chi connectivity index (χ1v) is 7.53. The van der Waals surface area contributed by atoms with E-state index in [9.17, 15) is 9.59 Å². The molecular formula is C14H18N2O3S. The third-order valence-electron chi connectivity index (χ3n) is 3.47. The highest BCUT2D eigenvalue weighted by Gasteiger charge is 2.30. The van der Waals surface area contributed by atoms with Gasteiger partial charge in [0.25, 0.3) is 5.91 Å². The Labute approximate surface area is 122 Å². The van der Waals surface area contributed by atoms with Crippen molar-refractivity contribution in [2.45, 2.75) is 31.4 Å². The molecule has 1 unspecified atom stereocenters. The van der Waals surface area contributed by atoms with Gasteiger partial charge in [-0.25, -0.2) is 9.78 Å². The number of carbonyl (C=O) groups excluding carboxylic acids is 1. The minimum Gasteiger partial charge on any atom is -0.478 e. The maximum absolute atomic E-state index is 12.0. The topological polar surface area (TPSA) is 79.3 Å². The number of amides is 1. The third kappa shape index (κ3) is 3.30. The van der Waals surface area contributed by atoms with E-state index in [-0.39, 0.29) is 21.9 Å². The summed E-state index contributed by atoms with van der Waals surface area (Å²) in [5.41, 5.74) is 0.741. The fraction of sp³-hybridized carbons (Fsp3) is 0.500. The lowest BCUT2D eigenvalue weighted by Gasteiger charge is -2.22. The van der Waals surface area contributed by atoms with Crippen molar-refractivity contribution in [3.05, 3.63) is 29.1 Å². The Hall–Kier alpha value is -1.56. The van der Waals surface area contributed by atoms with Gasteiger partial charge in [-0.2, -0.15) is 11.8 Å². The van der Waals surface area contributed by atoms with E-state index in [4.69, 9.17) is 5.11 Å². The molecule has 0 aliphatic carbocycles. The molecule has 6 heteroatoms. The average Bonchev–Trinajstić information content (AvgIpc) is 2.83. The maximum Gasteiger partial charge on any atom is 0.337 e. The van der Waals surface area contributed by atoms with E-state index < -0.39 is 5.97 Å². The number of carboxylic acids is 1. The van der Waals surface area contributed by atoms with Crippen LogP contribution in [-0.4, -0.2) is 39.0 Å². The van der Waals surface area contributed by atoms with E-state index in [1.165, 1.54) is 18.6 Å². The standard InChI is InChI=1S/C14H18N2O3S/c1-9-10(13(18)19)4-5-11(16-9)12(17)15-8-14(2)6-3-7-20-14/h4-5H,3,6-8H2,1-2H3,(H,15,17)(H,18,19). The Bertz CT molecular complexity index is 539. The maximum atomic E-state index is 12.0. The monoisotopic (exact) mass is 294 g/mol. The summed E-state index contributed by atoms with van der Waals surface area (Å²) in [6.45, 7) is 4.35. The second kappa shape index (κ2) is 5.83. The predicted molar refractivity (Wildman–Crippen MR) is 78.4 cm³/mol. The number of hydrogen-bond acceptors (Lipinski definition) is 4. The summed E-state index contributed by atoms with van der Waals surface area (Å²) in [7, 11) is 0. The molecule has 2 heterocycles. The predicted octanol–water partition coefficient (Wildman–Crippen LogP) is 2.10. The molecule has 0 aromatic carbocycles. The lowest BCUT2D eigenvalue weighted by Crippen LogP contribution is -2.37. The number of hydrogen-bond donors (Lipinski definition) is 2. The number of nitrogens with zero attached hydrogens (tertiary/aromatic N) is 1. The van der Waals surface area contributed by atoms with Gasteiger partial charge in [0.1, 0.15) is 5.69 Å². The molecule has 1 aliphatic heterocycles. The van der Waals surface area contributed by atoms with E-state index in [0.29, 0.717) is 12.2 Å². The van der Waals surface area contributed by atoms with Crippen molar-refractivity contribution in [3.63, 3.8) is 0 Å². The van der Waals surface area contributed by atoms with Crippen LogP contribution in [0.25, 0.3) is 0 Å². The van der Waals surface area contributed by atoms with Crippen LogP contribution in [0.3, 0.4) is 0 Å². The number of carbonyl (C=O) groups is 2. The zero-order chi connectivity index (χ0) is 14.8. The van der Waals surface area contributed by atoms with Gasteiger partial charge in [0.15, 0.2) is 0 Å². The SMILES string of the molecule is Cc1nc(C(=O)NCC2(C)CCCS2)ccc1C(=O)O. The summed E-state index contributed by atoms with van der Waals surface area (Å²) in [4.78, 5) is 27.0. The van der Waals surface area contributed by atoms with Crippen LogP contribution in [-0.2, 0) is 0 Å². The summed E-state index contributed by atoms with van der Waals surface area (Å²) in [6, 6.07) is 2.88. The summed E-state index contributed by atoms with van der Waals surface area (Å²) in [5, 5.41) is 11.8. The minimum atomic E-state index is -1.03. The molecule has 1 fully saturated rings. The third-order valence-corrected chi connectivity index (χ3v) is 5.01. The highest BCUT2D eigenvalue weighted by molar-refractivity contribution is 8.00. The number of aromatic nitrogens is 1. The normalized spacial score (nSPS) is 21.7. The smallest absolute Gasteiger partial charge is 0.337 e. The van der Waals surface area contributed by atoms with Gasteiger partial charge in [-0.1, -0.05) is 0 Å². The van der Waals surface area contributed by atoms with Gasteiger partial charge in [-0.15, -0.1) is 0 Å². The van der Waals surface area contributed by atoms with Crippen molar-refractivity contribution < 1.29 is 14.7 Å². The highest BCUT2D eigenvalue weighted by Crippen LogP contribution is 2.36. The van der Waals surface area contributed by atoms with Crippen molar-refractivity contribution >= 4 is 23.6 Å². The molecule has 2 rings (SSSR count). The number of thioether (sulfide) groups is 1. The van der Waals surface area contributed by atoms with E-state index in [2.05, 4.69) is 17.2 Å². The molecule has 0 saturated carbocycles. The molecule has 1 amide bonds. The first kappa shape index (κ1) is 14.8. The fourth-order valence-corrected chi connectivity index (χ4v) is 3.49. The molecule has 1 aromatic rings. The van der Waals surface area contributed by atoms with Gasteiger partial charge >= 0.3 is 5.97 Å². The molecule has 20 heavy (non-hydrogen) atoms. The van der Waals surface area contributed by atoms with Gasteiger partial charge in [-0.3, -0.25) is 4.79 Å². The second-order valence-electron chi connectivity index (χ2n) is 5.22.